The number of carbonyl (C=O) groups is 2. The van der Waals surface area contributed by atoms with Crippen LogP contribution in [0, 0.1) is 0 Å². The van der Waals surface area contributed by atoms with Crippen LogP contribution in [0.4, 0.5) is 13.2 Å². The maximum Gasteiger partial charge on any atom is 0.490 e. The Morgan fingerprint density at radius 2 is 1.67 bits per heavy atom. The van der Waals surface area contributed by atoms with Gasteiger partial charge in [-0.1, -0.05) is 18.2 Å². The van der Waals surface area contributed by atoms with Gasteiger partial charge in [0.2, 0.25) is 0 Å². The van der Waals surface area contributed by atoms with E-state index in [9.17, 15) is 18.0 Å². The monoisotopic (exact) mass is 264 g/mol. The second-order valence-electron chi connectivity index (χ2n) is 2.89. The van der Waals surface area contributed by atoms with Crippen LogP contribution in [0.1, 0.15) is 17.3 Å². The van der Waals surface area contributed by atoms with Crippen LogP contribution in [0.25, 0.3) is 0 Å². The molecular weight excluding hydrogens is 253 g/mol. The molecule has 0 saturated heterocycles. The largest absolute Gasteiger partial charge is 0.490 e. The highest BCUT2D eigenvalue weighted by Crippen LogP contribution is 2.13. The summed E-state index contributed by atoms with van der Waals surface area (Å²) < 4.78 is 36.5. The van der Waals surface area contributed by atoms with Crippen molar-refractivity contribution in [3.05, 3.63) is 35.9 Å². The summed E-state index contributed by atoms with van der Waals surface area (Å²) in [6, 6.07) is 8.96. The molecule has 0 heterocycles. The third-order valence-corrected chi connectivity index (χ3v) is 1.53. The van der Waals surface area contributed by atoms with Crippen LogP contribution in [0.5, 0.6) is 0 Å². The number of alkyl halides is 3. The van der Waals surface area contributed by atoms with Gasteiger partial charge in [0.1, 0.15) is 0 Å². The van der Waals surface area contributed by atoms with E-state index in [0.717, 1.165) is 0 Å². The number of rotatable bonds is 2. The number of carboxylic acids is 1. The average Bonchev–Trinajstić information content (AvgIpc) is 2.30. The Kier molecular flexibility index (Phi) is 6.48. The predicted molar refractivity (Wildman–Crippen MR) is 56.1 cm³/mol. The number of aliphatic carboxylic acids is 1. The first-order valence-electron chi connectivity index (χ1n) is 4.81. The lowest BCUT2D eigenvalue weighted by Crippen LogP contribution is -2.21. The standard InChI is InChI=1S/C9H10O2.C2HF3O2/c1-2-11-9(10)8-6-4-3-5-7-8;3-2(4,5)1(6)7/h3-7H,2H2,1H3;(H,6,7). The van der Waals surface area contributed by atoms with Gasteiger partial charge in [0.05, 0.1) is 12.2 Å². The van der Waals surface area contributed by atoms with Crippen LogP contribution in [-0.4, -0.2) is 29.8 Å². The van der Waals surface area contributed by atoms with Crippen LogP contribution < -0.4 is 0 Å². The Morgan fingerprint density at radius 3 is 2.00 bits per heavy atom. The maximum absolute atomic E-state index is 11.0. The Morgan fingerprint density at radius 1 is 1.22 bits per heavy atom. The molecule has 1 rings (SSSR count). The Balaban J connectivity index is 0.000000360. The van der Waals surface area contributed by atoms with Gasteiger partial charge in [-0.3, -0.25) is 0 Å². The van der Waals surface area contributed by atoms with Gasteiger partial charge in [0, 0.05) is 0 Å². The van der Waals surface area contributed by atoms with Crippen molar-refractivity contribution in [2.75, 3.05) is 6.61 Å². The smallest absolute Gasteiger partial charge is 0.475 e. The van der Waals surface area contributed by atoms with Gasteiger partial charge in [-0.25, -0.2) is 9.59 Å². The Bertz CT molecular complexity index is 387. The summed E-state index contributed by atoms with van der Waals surface area (Å²) in [5.74, 6) is -3.01. The van der Waals surface area contributed by atoms with Gasteiger partial charge >= 0.3 is 18.1 Å². The molecule has 0 aromatic heterocycles. The summed E-state index contributed by atoms with van der Waals surface area (Å²) in [6.45, 7) is 2.22. The number of hydrogen-bond donors (Lipinski definition) is 1. The van der Waals surface area contributed by atoms with Crippen LogP contribution >= 0.6 is 0 Å². The Hall–Kier alpha value is -2.05. The lowest BCUT2D eigenvalue weighted by Gasteiger charge is -1.99. The highest BCUT2D eigenvalue weighted by Gasteiger charge is 2.38. The third kappa shape index (κ3) is 6.51. The number of benzene rings is 1. The lowest BCUT2D eigenvalue weighted by molar-refractivity contribution is -0.192. The van der Waals surface area contributed by atoms with E-state index in [-0.39, 0.29) is 5.97 Å². The molecule has 0 atom stereocenters. The van der Waals surface area contributed by atoms with Crippen molar-refractivity contribution < 1.29 is 32.6 Å². The summed E-state index contributed by atoms with van der Waals surface area (Å²) in [5, 5.41) is 7.12. The highest BCUT2D eigenvalue weighted by atomic mass is 19.4. The SMILES string of the molecule is CCOC(=O)c1ccccc1.O=C(O)C(F)(F)F. The zero-order valence-electron chi connectivity index (χ0n) is 9.40. The molecule has 0 unspecified atom stereocenters. The van der Waals surface area contributed by atoms with Crippen molar-refractivity contribution in [3.63, 3.8) is 0 Å². The fourth-order valence-corrected chi connectivity index (χ4v) is 0.789. The van der Waals surface area contributed by atoms with E-state index in [1.54, 1.807) is 19.1 Å². The fourth-order valence-electron chi connectivity index (χ4n) is 0.789. The summed E-state index contributed by atoms with van der Waals surface area (Å²) in [4.78, 5) is 19.9. The predicted octanol–water partition coefficient (Wildman–Crippen LogP) is 2.50. The maximum atomic E-state index is 11.0. The van der Waals surface area contributed by atoms with Crippen molar-refractivity contribution >= 4 is 11.9 Å². The minimum Gasteiger partial charge on any atom is -0.475 e. The minimum atomic E-state index is -5.08. The first kappa shape index (κ1) is 16.0. The summed E-state index contributed by atoms with van der Waals surface area (Å²) in [6.07, 6.45) is -5.08. The quantitative estimate of drug-likeness (QED) is 0.833. The molecule has 18 heavy (non-hydrogen) atoms. The molecule has 0 aliphatic rings. The molecule has 7 heteroatoms. The van der Waals surface area contributed by atoms with E-state index in [1.165, 1.54) is 0 Å². The zero-order chi connectivity index (χ0) is 14.2. The molecule has 0 bridgehead atoms. The van der Waals surface area contributed by atoms with Gasteiger partial charge < -0.3 is 9.84 Å². The molecule has 4 nitrogen and oxygen atoms in total. The van der Waals surface area contributed by atoms with Crippen molar-refractivity contribution in [2.24, 2.45) is 0 Å². The first-order chi connectivity index (χ1) is 8.29. The topological polar surface area (TPSA) is 63.6 Å². The van der Waals surface area contributed by atoms with E-state index in [0.29, 0.717) is 12.2 Å². The number of esters is 1. The molecule has 1 aromatic rings. The Labute approximate surface area is 101 Å². The summed E-state index contributed by atoms with van der Waals surface area (Å²) in [7, 11) is 0. The van der Waals surface area contributed by atoms with Gasteiger partial charge in [-0.2, -0.15) is 13.2 Å². The molecule has 0 spiro atoms. The van der Waals surface area contributed by atoms with E-state index in [1.807, 2.05) is 18.2 Å². The lowest BCUT2D eigenvalue weighted by atomic mass is 10.2. The number of ether oxygens (including phenoxy) is 1. The zero-order valence-corrected chi connectivity index (χ0v) is 9.40. The number of halogens is 3. The van der Waals surface area contributed by atoms with Gasteiger partial charge in [-0.15, -0.1) is 0 Å². The number of carbonyl (C=O) groups excluding carboxylic acids is 1. The molecule has 100 valence electrons. The molecule has 0 aliphatic heterocycles. The summed E-state index contributed by atoms with van der Waals surface area (Å²) >= 11 is 0. The average molecular weight is 264 g/mol. The minimum absolute atomic E-state index is 0.256. The molecule has 0 fully saturated rings. The molecule has 1 N–H and O–H groups in total. The van der Waals surface area contributed by atoms with Crippen molar-refractivity contribution in [1.29, 1.82) is 0 Å². The molecule has 0 aliphatic carbocycles. The fraction of sp³-hybridized carbons (Fsp3) is 0.273. The van der Waals surface area contributed by atoms with Crippen LogP contribution in [-0.2, 0) is 9.53 Å². The van der Waals surface area contributed by atoms with Gasteiger partial charge in [0.25, 0.3) is 0 Å². The molecule has 0 amide bonds. The van der Waals surface area contributed by atoms with E-state index in [2.05, 4.69) is 0 Å². The highest BCUT2D eigenvalue weighted by molar-refractivity contribution is 5.89. The van der Waals surface area contributed by atoms with Gasteiger partial charge in [-0.05, 0) is 19.1 Å². The molecule has 0 radical (unpaired) electrons. The van der Waals surface area contributed by atoms with Crippen molar-refractivity contribution in [2.45, 2.75) is 13.1 Å². The first-order valence-corrected chi connectivity index (χ1v) is 4.81. The van der Waals surface area contributed by atoms with E-state index >= 15 is 0 Å². The number of hydrogen-bond acceptors (Lipinski definition) is 3. The second kappa shape index (κ2) is 7.31. The van der Waals surface area contributed by atoms with Crippen LogP contribution in [0.2, 0.25) is 0 Å². The van der Waals surface area contributed by atoms with E-state index in [4.69, 9.17) is 14.6 Å². The van der Waals surface area contributed by atoms with Crippen LogP contribution in [0.15, 0.2) is 30.3 Å². The normalized spacial score (nSPS) is 10.0. The number of carboxylic acid groups (broad SMARTS) is 1. The third-order valence-electron chi connectivity index (χ3n) is 1.53. The van der Waals surface area contributed by atoms with Gasteiger partial charge in [0.15, 0.2) is 0 Å². The second-order valence-corrected chi connectivity index (χ2v) is 2.89. The summed E-state index contributed by atoms with van der Waals surface area (Å²) in [5.41, 5.74) is 0.606. The molecule has 0 saturated carbocycles. The van der Waals surface area contributed by atoms with E-state index < -0.39 is 12.1 Å². The molecule has 1 aromatic carbocycles. The van der Waals surface area contributed by atoms with Crippen LogP contribution in [0.3, 0.4) is 0 Å². The van der Waals surface area contributed by atoms with Crippen molar-refractivity contribution in [1.82, 2.24) is 0 Å². The molecular formula is C11H11F3O4. The van der Waals surface area contributed by atoms with Crippen molar-refractivity contribution in [3.8, 4) is 0 Å².